The standard InChI is InChI=1S/C17H14ClN3S/c1-12-16(14-5-3-2-4-6-14)20-17(22-12)21-19-11-13-7-9-15(18)10-8-13/h2-11H,1H3,(H,20,21)/b19-11-. The normalized spacial score (nSPS) is 11.0. The highest BCUT2D eigenvalue weighted by molar-refractivity contribution is 7.15. The van der Waals surface area contributed by atoms with Gasteiger partial charge in [-0.2, -0.15) is 5.10 Å². The van der Waals surface area contributed by atoms with Gasteiger partial charge in [-0.25, -0.2) is 4.98 Å². The van der Waals surface area contributed by atoms with Gasteiger partial charge in [0.1, 0.15) is 0 Å². The Balaban J connectivity index is 1.73. The minimum absolute atomic E-state index is 0.716. The van der Waals surface area contributed by atoms with Crippen LogP contribution in [0, 0.1) is 6.92 Å². The van der Waals surface area contributed by atoms with Crippen molar-refractivity contribution in [2.24, 2.45) is 5.10 Å². The average molecular weight is 328 g/mol. The first kappa shape index (κ1) is 14.8. The van der Waals surface area contributed by atoms with E-state index in [1.165, 1.54) is 0 Å². The lowest BCUT2D eigenvalue weighted by Gasteiger charge is -1.97. The van der Waals surface area contributed by atoms with Gasteiger partial charge in [0, 0.05) is 15.5 Å². The summed E-state index contributed by atoms with van der Waals surface area (Å²) in [5.74, 6) is 0. The number of nitrogens with zero attached hydrogens (tertiary/aromatic N) is 2. The molecule has 3 rings (SSSR count). The van der Waals surface area contributed by atoms with Crippen LogP contribution in [-0.2, 0) is 0 Å². The van der Waals surface area contributed by atoms with Crippen LogP contribution in [0.3, 0.4) is 0 Å². The van der Waals surface area contributed by atoms with Gasteiger partial charge in [-0.1, -0.05) is 54.1 Å². The monoisotopic (exact) mass is 327 g/mol. The van der Waals surface area contributed by atoms with Crippen molar-refractivity contribution in [2.75, 3.05) is 5.43 Å². The lowest BCUT2D eigenvalue weighted by atomic mass is 10.1. The number of hydrogen-bond acceptors (Lipinski definition) is 4. The predicted octanol–water partition coefficient (Wildman–Crippen LogP) is 5.22. The molecule has 1 aromatic heterocycles. The molecule has 0 radical (unpaired) electrons. The topological polar surface area (TPSA) is 37.3 Å². The van der Waals surface area contributed by atoms with Gasteiger partial charge in [0.15, 0.2) is 0 Å². The first-order valence-electron chi connectivity index (χ1n) is 6.80. The van der Waals surface area contributed by atoms with Crippen LogP contribution >= 0.6 is 22.9 Å². The zero-order valence-corrected chi connectivity index (χ0v) is 13.5. The van der Waals surface area contributed by atoms with Crippen molar-refractivity contribution in [1.82, 2.24) is 4.98 Å². The maximum Gasteiger partial charge on any atom is 0.204 e. The minimum Gasteiger partial charge on any atom is -0.253 e. The van der Waals surface area contributed by atoms with Crippen molar-refractivity contribution in [2.45, 2.75) is 6.92 Å². The molecule has 0 spiro atoms. The Morgan fingerprint density at radius 1 is 1.09 bits per heavy atom. The Labute approximate surface area is 138 Å². The molecular formula is C17H14ClN3S. The number of aryl methyl sites for hydroxylation is 1. The van der Waals surface area contributed by atoms with Crippen LogP contribution < -0.4 is 5.43 Å². The molecule has 0 saturated heterocycles. The number of aromatic nitrogens is 1. The Bertz CT molecular complexity index is 779. The van der Waals surface area contributed by atoms with Crippen LogP contribution in [0.25, 0.3) is 11.3 Å². The second-order valence-corrected chi connectivity index (χ2v) is 6.35. The van der Waals surface area contributed by atoms with E-state index in [0.29, 0.717) is 5.02 Å². The lowest BCUT2D eigenvalue weighted by Crippen LogP contribution is -1.90. The quantitative estimate of drug-likeness (QED) is 0.527. The number of halogens is 1. The highest BCUT2D eigenvalue weighted by atomic mass is 35.5. The highest BCUT2D eigenvalue weighted by Crippen LogP contribution is 2.30. The molecule has 0 unspecified atom stereocenters. The van der Waals surface area contributed by atoms with Crippen molar-refractivity contribution in [3.05, 3.63) is 70.1 Å². The molecule has 1 heterocycles. The van der Waals surface area contributed by atoms with E-state index in [1.807, 2.05) is 42.5 Å². The zero-order valence-electron chi connectivity index (χ0n) is 12.0. The molecule has 0 aliphatic rings. The predicted molar refractivity (Wildman–Crippen MR) is 95.0 cm³/mol. The molecule has 5 heteroatoms. The fourth-order valence-electron chi connectivity index (χ4n) is 2.02. The second-order valence-electron chi connectivity index (χ2n) is 4.71. The van der Waals surface area contributed by atoms with E-state index in [0.717, 1.165) is 26.8 Å². The summed E-state index contributed by atoms with van der Waals surface area (Å²) in [6.45, 7) is 2.06. The van der Waals surface area contributed by atoms with E-state index < -0.39 is 0 Å². The van der Waals surface area contributed by atoms with Crippen LogP contribution in [-0.4, -0.2) is 11.2 Å². The summed E-state index contributed by atoms with van der Waals surface area (Å²) in [5.41, 5.74) is 6.07. The summed E-state index contributed by atoms with van der Waals surface area (Å²) >= 11 is 7.44. The number of thiazole rings is 1. The molecular weight excluding hydrogens is 314 g/mol. The van der Waals surface area contributed by atoms with E-state index in [1.54, 1.807) is 17.6 Å². The SMILES string of the molecule is Cc1sc(N/N=C\c2ccc(Cl)cc2)nc1-c1ccccc1. The Hall–Kier alpha value is -2.17. The number of hydrazone groups is 1. The largest absolute Gasteiger partial charge is 0.253 e. The summed E-state index contributed by atoms with van der Waals surface area (Å²) in [7, 11) is 0. The van der Waals surface area contributed by atoms with Gasteiger partial charge in [0.05, 0.1) is 11.9 Å². The Morgan fingerprint density at radius 3 is 2.55 bits per heavy atom. The van der Waals surface area contributed by atoms with Crippen LogP contribution in [0.1, 0.15) is 10.4 Å². The summed E-state index contributed by atoms with van der Waals surface area (Å²) in [6.07, 6.45) is 1.75. The van der Waals surface area contributed by atoms with Gasteiger partial charge in [-0.05, 0) is 24.6 Å². The van der Waals surface area contributed by atoms with Crippen LogP contribution in [0.2, 0.25) is 5.02 Å². The number of rotatable bonds is 4. The Morgan fingerprint density at radius 2 is 1.82 bits per heavy atom. The summed E-state index contributed by atoms with van der Waals surface area (Å²) < 4.78 is 0. The van der Waals surface area contributed by atoms with Gasteiger partial charge in [-0.15, -0.1) is 11.3 Å². The molecule has 0 fully saturated rings. The molecule has 22 heavy (non-hydrogen) atoms. The summed E-state index contributed by atoms with van der Waals surface area (Å²) in [6, 6.07) is 17.6. The zero-order chi connectivity index (χ0) is 15.4. The molecule has 0 bridgehead atoms. The number of anilines is 1. The minimum atomic E-state index is 0.716. The second kappa shape index (κ2) is 6.73. The van der Waals surface area contributed by atoms with Crippen molar-refractivity contribution < 1.29 is 0 Å². The van der Waals surface area contributed by atoms with Crippen molar-refractivity contribution in [3.8, 4) is 11.3 Å². The van der Waals surface area contributed by atoms with Crippen molar-refractivity contribution in [3.63, 3.8) is 0 Å². The van der Waals surface area contributed by atoms with E-state index >= 15 is 0 Å². The molecule has 2 aromatic carbocycles. The van der Waals surface area contributed by atoms with E-state index in [2.05, 4.69) is 34.6 Å². The first-order chi connectivity index (χ1) is 10.7. The van der Waals surface area contributed by atoms with Crippen LogP contribution in [0.4, 0.5) is 5.13 Å². The number of nitrogens with one attached hydrogen (secondary N) is 1. The number of hydrogen-bond donors (Lipinski definition) is 1. The van der Waals surface area contributed by atoms with Gasteiger partial charge >= 0.3 is 0 Å². The van der Waals surface area contributed by atoms with E-state index in [9.17, 15) is 0 Å². The molecule has 1 N–H and O–H groups in total. The van der Waals surface area contributed by atoms with Crippen molar-refractivity contribution in [1.29, 1.82) is 0 Å². The van der Waals surface area contributed by atoms with Gasteiger partial charge < -0.3 is 0 Å². The fraction of sp³-hybridized carbons (Fsp3) is 0.0588. The third-order valence-corrected chi connectivity index (χ3v) is 4.22. The summed E-state index contributed by atoms with van der Waals surface area (Å²) in [5, 5.41) is 5.71. The van der Waals surface area contributed by atoms with Crippen LogP contribution in [0.15, 0.2) is 59.7 Å². The molecule has 0 amide bonds. The third-order valence-electron chi connectivity index (χ3n) is 3.09. The molecule has 0 aliphatic heterocycles. The van der Waals surface area contributed by atoms with Gasteiger partial charge in [0.25, 0.3) is 0 Å². The van der Waals surface area contributed by atoms with Crippen LogP contribution in [0.5, 0.6) is 0 Å². The first-order valence-corrected chi connectivity index (χ1v) is 7.99. The smallest absolute Gasteiger partial charge is 0.204 e. The van der Waals surface area contributed by atoms with Crippen molar-refractivity contribution >= 4 is 34.3 Å². The summed E-state index contributed by atoms with van der Waals surface area (Å²) in [4.78, 5) is 5.76. The fourth-order valence-corrected chi connectivity index (χ4v) is 2.93. The number of benzene rings is 2. The molecule has 0 saturated carbocycles. The highest BCUT2D eigenvalue weighted by Gasteiger charge is 2.08. The molecule has 3 aromatic rings. The van der Waals surface area contributed by atoms with Gasteiger partial charge in [-0.3, -0.25) is 5.43 Å². The Kier molecular flexibility index (Phi) is 4.51. The maximum atomic E-state index is 5.85. The van der Waals surface area contributed by atoms with E-state index in [4.69, 9.17) is 11.6 Å². The molecule has 0 atom stereocenters. The molecule has 110 valence electrons. The molecule has 0 aliphatic carbocycles. The van der Waals surface area contributed by atoms with Gasteiger partial charge in [0.2, 0.25) is 5.13 Å². The lowest BCUT2D eigenvalue weighted by molar-refractivity contribution is 1.28. The molecule has 3 nitrogen and oxygen atoms in total. The van der Waals surface area contributed by atoms with E-state index in [-0.39, 0.29) is 0 Å². The average Bonchev–Trinajstić information content (AvgIpc) is 2.91. The third kappa shape index (κ3) is 3.53. The maximum absolute atomic E-state index is 5.85.